The van der Waals surface area contributed by atoms with Gasteiger partial charge in [-0.15, -0.1) is 11.6 Å². The summed E-state index contributed by atoms with van der Waals surface area (Å²) in [6.45, 7) is 1.86. The van der Waals surface area contributed by atoms with Crippen LogP contribution in [0.1, 0.15) is 12.5 Å². The first kappa shape index (κ1) is 12.7. The predicted molar refractivity (Wildman–Crippen MR) is 71.9 cm³/mol. The van der Waals surface area contributed by atoms with E-state index in [1.54, 1.807) is 18.2 Å². The molecule has 1 unspecified atom stereocenters. The molecule has 5 heteroatoms. The Labute approximate surface area is 114 Å². The van der Waals surface area contributed by atoms with Gasteiger partial charge < -0.3 is 5.21 Å². The molecule has 1 aromatic carbocycles. The third-order valence-electron chi connectivity index (χ3n) is 2.49. The fraction of sp³-hybridized carbons (Fsp3) is 0.250. The second-order valence-electron chi connectivity index (χ2n) is 3.94. The number of fused-ring (bicyclic) bond motifs is 1. The number of aromatic nitrogens is 1. The summed E-state index contributed by atoms with van der Waals surface area (Å²) < 4.78 is 0.798. The summed E-state index contributed by atoms with van der Waals surface area (Å²) >= 11 is 18.1. The van der Waals surface area contributed by atoms with Gasteiger partial charge in [-0.2, -0.15) is 4.73 Å². The van der Waals surface area contributed by atoms with Crippen LogP contribution in [0.5, 0.6) is 0 Å². The number of benzene rings is 1. The highest BCUT2D eigenvalue weighted by Crippen LogP contribution is 2.28. The molecule has 2 rings (SSSR count). The van der Waals surface area contributed by atoms with Crippen LogP contribution >= 0.6 is 34.8 Å². The maximum Gasteiger partial charge on any atom is 0.225 e. The molecule has 90 valence electrons. The first-order valence-electron chi connectivity index (χ1n) is 5.13. The second kappa shape index (κ2) is 4.89. The van der Waals surface area contributed by atoms with E-state index in [1.807, 2.05) is 6.92 Å². The van der Waals surface area contributed by atoms with Gasteiger partial charge in [0.15, 0.2) is 6.20 Å². The van der Waals surface area contributed by atoms with Crippen LogP contribution < -0.4 is 4.73 Å². The maximum absolute atomic E-state index is 11.8. The lowest BCUT2D eigenvalue weighted by Crippen LogP contribution is -2.28. The molecule has 0 saturated heterocycles. The van der Waals surface area contributed by atoms with Crippen LogP contribution in [0.4, 0.5) is 0 Å². The van der Waals surface area contributed by atoms with Crippen LogP contribution in [-0.4, -0.2) is 5.38 Å². The number of halogens is 3. The number of alkyl halides is 1. The van der Waals surface area contributed by atoms with Gasteiger partial charge in [0.1, 0.15) is 0 Å². The summed E-state index contributed by atoms with van der Waals surface area (Å²) in [6, 6.07) is 5.01. The average molecular weight is 291 g/mol. The molecule has 0 aliphatic carbocycles. The van der Waals surface area contributed by atoms with E-state index >= 15 is 0 Å². The quantitative estimate of drug-likeness (QED) is 0.467. The van der Waals surface area contributed by atoms with Gasteiger partial charge >= 0.3 is 0 Å². The molecule has 0 aliphatic heterocycles. The zero-order chi connectivity index (χ0) is 12.6. The van der Waals surface area contributed by atoms with Crippen LogP contribution in [0, 0.1) is 5.21 Å². The third kappa shape index (κ3) is 2.59. The van der Waals surface area contributed by atoms with Gasteiger partial charge in [0.25, 0.3) is 0 Å². The normalized spacial score (nSPS) is 12.9. The molecule has 2 nitrogen and oxygen atoms in total. The van der Waals surface area contributed by atoms with Crippen molar-refractivity contribution in [2.24, 2.45) is 0 Å². The minimum absolute atomic E-state index is 0.0795. The van der Waals surface area contributed by atoms with Crippen molar-refractivity contribution in [3.63, 3.8) is 0 Å². The lowest BCUT2D eigenvalue weighted by atomic mass is 10.1. The summed E-state index contributed by atoms with van der Waals surface area (Å²) in [7, 11) is 0. The first-order chi connectivity index (χ1) is 7.99. The summed E-state index contributed by atoms with van der Waals surface area (Å²) in [4.78, 5) is 0. The van der Waals surface area contributed by atoms with Crippen molar-refractivity contribution >= 4 is 45.7 Å². The maximum atomic E-state index is 11.8. The van der Waals surface area contributed by atoms with Crippen molar-refractivity contribution in [3.8, 4) is 0 Å². The van der Waals surface area contributed by atoms with E-state index in [0.29, 0.717) is 27.4 Å². The number of rotatable bonds is 2. The minimum atomic E-state index is -0.0795. The lowest BCUT2D eigenvalue weighted by molar-refractivity contribution is -0.577. The SMILES string of the molecule is CC(Cl)Cc1c[n+]([O-])c2ccc(Cl)cc2c1Cl. The van der Waals surface area contributed by atoms with Crippen molar-refractivity contribution in [1.82, 2.24) is 0 Å². The molecular weight excluding hydrogens is 280 g/mol. The Morgan fingerprint density at radius 2 is 2.06 bits per heavy atom. The molecule has 0 fully saturated rings. The van der Waals surface area contributed by atoms with Crippen LogP contribution in [-0.2, 0) is 6.42 Å². The van der Waals surface area contributed by atoms with Gasteiger partial charge in [-0.05, 0) is 25.5 Å². The number of hydrogen-bond acceptors (Lipinski definition) is 1. The number of hydrogen-bond donors (Lipinski definition) is 0. The van der Waals surface area contributed by atoms with Crippen LogP contribution in [0.15, 0.2) is 24.4 Å². The summed E-state index contributed by atoms with van der Waals surface area (Å²) in [5.41, 5.74) is 1.24. The van der Waals surface area contributed by atoms with E-state index in [-0.39, 0.29) is 5.38 Å². The van der Waals surface area contributed by atoms with Crippen molar-refractivity contribution in [3.05, 3.63) is 45.2 Å². The molecule has 1 atom stereocenters. The van der Waals surface area contributed by atoms with E-state index in [0.717, 1.165) is 10.3 Å². The number of nitrogens with zero attached hydrogens (tertiary/aromatic N) is 1. The Balaban J connectivity index is 2.69. The monoisotopic (exact) mass is 289 g/mol. The van der Waals surface area contributed by atoms with Crippen molar-refractivity contribution in [2.75, 3.05) is 0 Å². The molecule has 0 spiro atoms. The standard InChI is InChI=1S/C12H10Cl3NO/c1-7(13)4-8-6-16(17)11-3-2-9(14)5-10(11)12(8)15/h2-3,5-7H,4H2,1H3. The molecule has 0 aliphatic rings. The van der Waals surface area contributed by atoms with Crippen molar-refractivity contribution in [1.29, 1.82) is 0 Å². The van der Waals surface area contributed by atoms with Gasteiger partial charge in [-0.1, -0.05) is 23.2 Å². The number of pyridine rings is 1. The molecule has 17 heavy (non-hydrogen) atoms. The first-order valence-corrected chi connectivity index (χ1v) is 6.32. The van der Waals surface area contributed by atoms with Crippen LogP contribution in [0.3, 0.4) is 0 Å². The Bertz CT molecular complexity index is 569. The molecule has 2 aromatic rings. The topological polar surface area (TPSA) is 26.9 Å². The largest absolute Gasteiger partial charge is 0.618 e. The van der Waals surface area contributed by atoms with Gasteiger partial charge in [-0.3, -0.25) is 0 Å². The molecule has 0 amide bonds. The summed E-state index contributed by atoms with van der Waals surface area (Å²) in [5, 5.41) is 13.5. The van der Waals surface area contributed by atoms with Gasteiger partial charge in [0, 0.05) is 22.0 Å². The Kier molecular flexibility index (Phi) is 3.67. The van der Waals surface area contributed by atoms with E-state index in [4.69, 9.17) is 34.8 Å². The molecule has 1 aromatic heterocycles. The molecule has 0 bridgehead atoms. The van der Waals surface area contributed by atoms with Crippen LogP contribution in [0.25, 0.3) is 10.9 Å². The highest BCUT2D eigenvalue weighted by molar-refractivity contribution is 6.37. The van der Waals surface area contributed by atoms with E-state index in [2.05, 4.69) is 0 Å². The summed E-state index contributed by atoms with van der Waals surface area (Å²) in [5.74, 6) is 0. The molecule has 0 saturated carbocycles. The van der Waals surface area contributed by atoms with Crippen molar-refractivity contribution < 1.29 is 4.73 Å². The predicted octanol–water partition coefficient (Wildman–Crippen LogP) is 3.95. The molecule has 1 heterocycles. The molecular formula is C12H10Cl3NO. The van der Waals surface area contributed by atoms with E-state index in [9.17, 15) is 5.21 Å². The Morgan fingerprint density at radius 3 is 2.71 bits per heavy atom. The molecule has 0 N–H and O–H groups in total. The minimum Gasteiger partial charge on any atom is -0.618 e. The fourth-order valence-corrected chi connectivity index (χ4v) is 2.38. The highest BCUT2D eigenvalue weighted by Gasteiger charge is 2.15. The molecule has 0 radical (unpaired) electrons. The highest BCUT2D eigenvalue weighted by atomic mass is 35.5. The third-order valence-corrected chi connectivity index (χ3v) is 3.32. The smallest absolute Gasteiger partial charge is 0.225 e. The van der Waals surface area contributed by atoms with Gasteiger partial charge in [0.05, 0.1) is 10.4 Å². The Hall–Kier alpha value is -0.700. The Morgan fingerprint density at radius 1 is 1.35 bits per heavy atom. The van der Waals surface area contributed by atoms with Gasteiger partial charge in [-0.25, -0.2) is 0 Å². The zero-order valence-electron chi connectivity index (χ0n) is 9.08. The zero-order valence-corrected chi connectivity index (χ0v) is 11.4. The second-order valence-corrected chi connectivity index (χ2v) is 5.50. The van der Waals surface area contributed by atoms with Crippen LogP contribution in [0.2, 0.25) is 10.0 Å². The van der Waals surface area contributed by atoms with E-state index in [1.165, 1.54) is 6.20 Å². The average Bonchev–Trinajstić information content (AvgIpc) is 2.24. The van der Waals surface area contributed by atoms with E-state index < -0.39 is 0 Å². The van der Waals surface area contributed by atoms with Crippen molar-refractivity contribution in [2.45, 2.75) is 18.7 Å². The van der Waals surface area contributed by atoms with Gasteiger partial charge in [0.2, 0.25) is 5.52 Å². The fourth-order valence-electron chi connectivity index (χ4n) is 1.76. The summed E-state index contributed by atoms with van der Waals surface area (Å²) in [6.07, 6.45) is 2.02. The lowest BCUT2D eigenvalue weighted by Gasteiger charge is -2.09.